The van der Waals surface area contributed by atoms with Crippen molar-refractivity contribution in [2.45, 2.75) is 13.5 Å². The molecule has 0 bridgehead atoms. The molecular formula is C16H17FN2O. The number of benzene rings is 2. The summed E-state index contributed by atoms with van der Waals surface area (Å²) < 4.78 is 13.8. The van der Waals surface area contributed by atoms with Crippen molar-refractivity contribution < 1.29 is 9.18 Å². The Morgan fingerprint density at radius 1 is 1.25 bits per heavy atom. The van der Waals surface area contributed by atoms with E-state index in [1.165, 1.54) is 17.0 Å². The predicted molar refractivity (Wildman–Crippen MR) is 77.8 cm³/mol. The third-order valence-corrected chi connectivity index (χ3v) is 3.16. The molecule has 3 nitrogen and oxygen atoms in total. The molecule has 0 saturated heterocycles. The Labute approximate surface area is 117 Å². The van der Waals surface area contributed by atoms with Gasteiger partial charge in [-0.1, -0.05) is 24.3 Å². The van der Waals surface area contributed by atoms with Crippen LogP contribution >= 0.6 is 0 Å². The van der Waals surface area contributed by atoms with Crippen molar-refractivity contribution in [1.29, 1.82) is 0 Å². The molecule has 0 saturated carbocycles. The van der Waals surface area contributed by atoms with Crippen LogP contribution in [0.1, 0.15) is 21.5 Å². The highest BCUT2D eigenvalue weighted by Crippen LogP contribution is 2.16. The average Bonchev–Trinajstić information content (AvgIpc) is 2.40. The number of rotatable bonds is 3. The summed E-state index contributed by atoms with van der Waals surface area (Å²) in [5, 5.41) is 0. The first-order chi connectivity index (χ1) is 9.49. The molecule has 2 N–H and O–H groups in total. The third kappa shape index (κ3) is 2.96. The van der Waals surface area contributed by atoms with Crippen LogP contribution in [-0.4, -0.2) is 17.9 Å². The minimum absolute atomic E-state index is 0.0765. The molecule has 0 heterocycles. The minimum Gasteiger partial charge on any atom is -0.398 e. The van der Waals surface area contributed by atoms with Gasteiger partial charge < -0.3 is 10.6 Å². The van der Waals surface area contributed by atoms with E-state index in [2.05, 4.69) is 0 Å². The topological polar surface area (TPSA) is 46.3 Å². The molecule has 0 aliphatic heterocycles. The SMILES string of the molecule is Cc1ccc(C(=O)N(C)Cc2ccccc2N)c(F)c1. The number of hydrogen-bond donors (Lipinski definition) is 1. The van der Waals surface area contributed by atoms with Crippen molar-refractivity contribution in [3.63, 3.8) is 0 Å². The largest absolute Gasteiger partial charge is 0.398 e. The van der Waals surface area contributed by atoms with Crippen molar-refractivity contribution in [3.05, 3.63) is 65.0 Å². The molecule has 20 heavy (non-hydrogen) atoms. The fourth-order valence-corrected chi connectivity index (χ4v) is 2.00. The lowest BCUT2D eigenvalue weighted by Gasteiger charge is -2.18. The highest BCUT2D eigenvalue weighted by Gasteiger charge is 2.16. The van der Waals surface area contributed by atoms with Crippen molar-refractivity contribution in [3.8, 4) is 0 Å². The summed E-state index contributed by atoms with van der Waals surface area (Å²) >= 11 is 0. The van der Waals surface area contributed by atoms with Crippen LogP contribution in [0, 0.1) is 12.7 Å². The lowest BCUT2D eigenvalue weighted by molar-refractivity contribution is 0.0781. The van der Waals surface area contributed by atoms with E-state index in [1.54, 1.807) is 26.1 Å². The molecule has 1 amide bonds. The van der Waals surface area contributed by atoms with E-state index in [4.69, 9.17) is 5.73 Å². The Morgan fingerprint density at radius 2 is 1.95 bits per heavy atom. The van der Waals surface area contributed by atoms with Crippen LogP contribution in [0.3, 0.4) is 0 Å². The second kappa shape index (κ2) is 5.74. The molecule has 0 unspecified atom stereocenters. The number of para-hydroxylation sites is 1. The summed E-state index contributed by atoms with van der Waals surface area (Å²) in [6.07, 6.45) is 0. The molecule has 0 aromatic heterocycles. The van der Waals surface area contributed by atoms with E-state index < -0.39 is 5.82 Å². The van der Waals surface area contributed by atoms with Crippen LogP contribution in [0.2, 0.25) is 0 Å². The maximum Gasteiger partial charge on any atom is 0.256 e. The van der Waals surface area contributed by atoms with Crippen LogP contribution in [0.15, 0.2) is 42.5 Å². The van der Waals surface area contributed by atoms with Gasteiger partial charge in [-0.25, -0.2) is 4.39 Å². The van der Waals surface area contributed by atoms with Crippen LogP contribution < -0.4 is 5.73 Å². The van der Waals surface area contributed by atoms with Gasteiger partial charge in [0, 0.05) is 19.3 Å². The smallest absolute Gasteiger partial charge is 0.256 e. The maximum absolute atomic E-state index is 13.8. The van der Waals surface area contributed by atoms with Gasteiger partial charge in [-0.3, -0.25) is 4.79 Å². The van der Waals surface area contributed by atoms with E-state index in [9.17, 15) is 9.18 Å². The second-order valence-corrected chi connectivity index (χ2v) is 4.84. The highest BCUT2D eigenvalue weighted by atomic mass is 19.1. The molecule has 2 aromatic rings. The normalized spacial score (nSPS) is 10.3. The maximum atomic E-state index is 13.8. The van der Waals surface area contributed by atoms with Crippen molar-refractivity contribution in [1.82, 2.24) is 4.90 Å². The van der Waals surface area contributed by atoms with Crippen molar-refractivity contribution in [2.24, 2.45) is 0 Å². The van der Waals surface area contributed by atoms with Gasteiger partial charge in [-0.05, 0) is 36.2 Å². The van der Waals surface area contributed by atoms with Gasteiger partial charge in [0.25, 0.3) is 5.91 Å². The second-order valence-electron chi connectivity index (χ2n) is 4.84. The molecule has 0 fully saturated rings. The van der Waals surface area contributed by atoms with Crippen LogP contribution in [0.25, 0.3) is 0 Å². The number of carbonyl (C=O) groups excluding carboxylic acids is 1. The number of halogens is 1. The van der Waals surface area contributed by atoms with Crippen molar-refractivity contribution in [2.75, 3.05) is 12.8 Å². The Morgan fingerprint density at radius 3 is 2.60 bits per heavy atom. The average molecular weight is 272 g/mol. The number of anilines is 1. The van der Waals surface area contributed by atoms with Crippen LogP contribution in [0.4, 0.5) is 10.1 Å². The minimum atomic E-state index is -0.497. The predicted octanol–water partition coefficient (Wildman–Crippen LogP) is 2.99. The molecule has 0 atom stereocenters. The highest BCUT2D eigenvalue weighted by molar-refractivity contribution is 5.94. The Balaban J connectivity index is 2.19. The molecule has 2 aromatic carbocycles. The van der Waals surface area contributed by atoms with E-state index in [0.29, 0.717) is 12.2 Å². The molecule has 104 valence electrons. The Bertz CT molecular complexity index is 640. The molecule has 4 heteroatoms. The summed E-state index contributed by atoms with van der Waals surface area (Å²) in [6, 6.07) is 11.9. The summed E-state index contributed by atoms with van der Waals surface area (Å²) in [7, 11) is 1.63. The van der Waals surface area contributed by atoms with Gasteiger partial charge in [-0.15, -0.1) is 0 Å². The van der Waals surface area contributed by atoms with Gasteiger partial charge in [-0.2, -0.15) is 0 Å². The number of nitrogens with zero attached hydrogens (tertiary/aromatic N) is 1. The van der Waals surface area contributed by atoms with E-state index in [1.807, 2.05) is 18.2 Å². The summed E-state index contributed by atoms with van der Waals surface area (Å²) in [4.78, 5) is 13.7. The number of aryl methyl sites for hydroxylation is 1. The molecule has 2 rings (SSSR count). The third-order valence-electron chi connectivity index (χ3n) is 3.16. The first kappa shape index (κ1) is 14.1. The Kier molecular flexibility index (Phi) is 4.03. The van der Waals surface area contributed by atoms with Crippen LogP contribution in [0.5, 0.6) is 0 Å². The summed E-state index contributed by atoms with van der Waals surface area (Å²) in [5.41, 5.74) is 8.17. The van der Waals surface area contributed by atoms with Crippen molar-refractivity contribution >= 4 is 11.6 Å². The number of nitrogens with two attached hydrogens (primary N) is 1. The zero-order valence-corrected chi connectivity index (χ0v) is 11.6. The molecule has 0 aliphatic carbocycles. The van der Waals surface area contributed by atoms with Crippen LogP contribution in [-0.2, 0) is 6.54 Å². The number of amides is 1. The molecule has 0 radical (unpaired) electrons. The monoisotopic (exact) mass is 272 g/mol. The summed E-state index contributed by atoms with van der Waals surface area (Å²) in [5.74, 6) is -0.853. The lowest BCUT2D eigenvalue weighted by atomic mass is 10.1. The zero-order valence-electron chi connectivity index (χ0n) is 11.6. The summed E-state index contributed by atoms with van der Waals surface area (Å²) in [6.45, 7) is 2.13. The van der Waals surface area contributed by atoms with E-state index >= 15 is 0 Å². The van der Waals surface area contributed by atoms with E-state index in [0.717, 1.165) is 11.1 Å². The van der Waals surface area contributed by atoms with Gasteiger partial charge in [0.15, 0.2) is 0 Å². The molecule has 0 spiro atoms. The fourth-order valence-electron chi connectivity index (χ4n) is 2.00. The number of hydrogen-bond acceptors (Lipinski definition) is 2. The van der Waals surface area contributed by atoms with Gasteiger partial charge in [0.2, 0.25) is 0 Å². The van der Waals surface area contributed by atoms with E-state index in [-0.39, 0.29) is 11.5 Å². The Hall–Kier alpha value is -2.36. The first-order valence-electron chi connectivity index (χ1n) is 6.34. The lowest BCUT2D eigenvalue weighted by Crippen LogP contribution is -2.27. The first-order valence-corrected chi connectivity index (χ1v) is 6.34. The number of carbonyl (C=O) groups is 1. The zero-order chi connectivity index (χ0) is 14.7. The van der Waals surface area contributed by atoms with Gasteiger partial charge >= 0.3 is 0 Å². The molecular weight excluding hydrogens is 255 g/mol. The molecule has 0 aliphatic rings. The fraction of sp³-hybridized carbons (Fsp3) is 0.188. The van der Waals surface area contributed by atoms with Gasteiger partial charge in [0.1, 0.15) is 5.82 Å². The standard InChI is InChI=1S/C16H17FN2O/c1-11-7-8-13(14(17)9-11)16(20)19(2)10-12-5-3-4-6-15(12)18/h3-9H,10,18H2,1-2H3. The van der Waals surface area contributed by atoms with Gasteiger partial charge in [0.05, 0.1) is 5.56 Å². The quantitative estimate of drug-likeness (QED) is 0.873. The number of nitrogen functional groups attached to an aromatic ring is 1.